The number of rotatable bonds is 9. The largest absolute Gasteiger partial charge is 0.481 e. The van der Waals surface area contributed by atoms with Gasteiger partial charge in [0.05, 0.1) is 0 Å². The molecule has 1 unspecified atom stereocenters. The molecule has 0 aromatic carbocycles. The molecule has 0 aliphatic rings. The minimum absolute atomic E-state index is 0.128. The van der Waals surface area contributed by atoms with Crippen molar-refractivity contribution in [1.82, 2.24) is 5.32 Å². The first-order valence-electron chi connectivity index (χ1n) is 6.13. The molecule has 0 saturated heterocycles. The van der Waals surface area contributed by atoms with Crippen LogP contribution in [-0.2, 0) is 14.4 Å². The maximum absolute atomic E-state index is 11.9. The fourth-order valence-electron chi connectivity index (χ4n) is 1.65. The monoisotopic (exact) mass is 291 g/mol. The zero-order valence-electron chi connectivity index (χ0n) is 11.1. The van der Waals surface area contributed by atoms with E-state index >= 15 is 0 Å². The highest BCUT2D eigenvalue weighted by Gasteiger charge is 2.25. The van der Waals surface area contributed by atoms with Crippen molar-refractivity contribution < 1.29 is 24.6 Å². The first kappa shape index (κ1) is 17.8. The normalized spacial score (nSPS) is 13.9. The molecule has 0 spiro atoms. The van der Waals surface area contributed by atoms with Crippen molar-refractivity contribution in [3.05, 3.63) is 0 Å². The molecule has 110 valence electrons. The second-order valence-corrected chi connectivity index (χ2v) is 5.21. The van der Waals surface area contributed by atoms with Gasteiger partial charge in [-0.25, -0.2) is 4.79 Å². The Morgan fingerprint density at radius 3 is 2.16 bits per heavy atom. The predicted octanol–water partition coefficient (Wildman–Crippen LogP) is 1.01. The van der Waals surface area contributed by atoms with Gasteiger partial charge in [0.15, 0.2) is 0 Å². The zero-order chi connectivity index (χ0) is 15.0. The van der Waals surface area contributed by atoms with E-state index in [0.717, 1.165) is 0 Å². The van der Waals surface area contributed by atoms with Crippen LogP contribution in [0.3, 0.4) is 0 Å². The number of hydrogen-bond acceptors (Lipinski definition) is 4. The van der Waals surface area contributed by atoms with Gasteiger partial charge in [-0.15, -0.1) is 0 Å². The number of hydrogen-bond donors (Lipinski definition) is 4. The van der Waals surface area contributed by atoms with Gasteiger partial charge >= 0.3 is 11.9 Å². The minimum atomic E-state index is -1.22. The molecule has 0 aromatic rings. The second kappa shape index (κ2) is 8.79. The summed E-state index contributed by atoms with van der Waals surface area (Å²) in [5, 5.41) is 19.9. The lowest BCUT2D eigenvalue weighted by Crippen LogP contribution is -2.44. The molecule has 1 amide bonds. The molecule has 0 aliphatic carbocycles. The fourth-order valence-corrected chi connectivity index (χ4v) is 1.96. The van der Waals surface area contributed by atoms with Crippen LogP contribution in [0.2, 0.25) is 0 Å². The molecule has 0 rings (SSSR count). The quantitative estimate of drug-likeness (QED) is 0.475. The molecule has 0 heterocycles. The summed E-state index contributed by atoms with van der Waals surface area (Å²) in [7, 11) is 0. The molecular formula is C12H21NO5S. The third-order valence-corrected chi connectivity index (χ3v) is 3.05. The van der Waals surface area contributed by atoms with Gasteiger partial charge in [0, 0.05) is 18.1 Å². The Labute approximate surface area is 118 Å². The van der Waals surface area contributed by atoms with Gasteiger partial charge in [-0.05, 0) is 18.8 Å². The zero-order valence-corrected chi connectivity index (χ0v) is 12.0. The summed E-state index contributed by atoms with van der Waals surface area (Å²) >= 11 is 4.09. The van der Waals surface area contributed by atoms with E-state index in [1.807, 2.05) is 13.8 Å². The molecule has 0 radical (unpaired) electrons. The highest BCUT2D eigenvalue weighted by atomic mass is 32.1. The first-order valence-corrected chi connectivity index (χ1v) is 6.77. The van der Waals surface area contributed by atoms with E-state index in [9.17, 15) is 14.4 Å². The second-order valence-electron chi connectivity index (χ2n) is 4.84. The van der Waals surface area contributed by atoms with Crippen molar-refractivity contribution in [2.24, 2.45) is 11.8 Å². The van der Waals surface area contributed by atoms with Crippen LogP contribution in [-0.4, -0.2) is 39.9 Å². The standard InChI is InChI=1S/C12H21NO5S/c1-7(2)5-8(6-19)11(16)13-9(12(17)18)3-4-10(14)15/h7-9,19H,3-6H2,1-2H3,(H,13,16)(H,14,15)(H,17,18)/t8?,9-/m0/s1. The SMILES string of the molecule is CC(C)CC(CS)C(=O)N[C@@H](CCC(=O)O)C(=O)O. The van der Waals surface area contributed by atoms with Crippen LogP contribution in [0.4, 0.5) is 0 Å². The molecule has 2 atom stereocenters. The lowest BCUT2D eigenvalue weighted by Gasteiger charge is -2.20. The highest BCUT2D eigenvalue weighted by molar-refractivity contribution is 7.80. The summed E-state index contributed by atoms with van der Waals surface area (Å²) in [5.41, 5.74) is 0. The number of carboxylic acids is 2. The maximum Gasteiger partial charge on any atom is 0.326 e. The first-order chi connectivity index (χ1) is 8.77. The average Bonchev–Trinajstić information content (AvgIpc) is 2.30. The van der Waals surface area contributed by atoms with Gasteiger partial charge in [-0.2, -0.15) is 12.6 Å². The van der Waals surface area contributed by atoms with Crippen LogP contribution in [0.15, 0.2) is 0 Å². The average molecular weight is 291 g/mol. The number of aliphatic carboxylic acids is 2. The van der Waals surface area contributed by atoms with Crippen molar-refractivity contribution in [3.8, 4) is 0 Å². The number of carbonyl (C=O) groups excluding carboxylic acids is 1. The molecule has 19 heavy (non-hydrogen) atoms. The molecule has 0 bridgehead atoms. The Morgan fingerprint density at radius 2 is 1.79 bits per heavy atom. The minimum Gasteiger partial charge on any atom is -0.481 e. The van der Waals surface area contributed by atoms with E-state index in [0.29, 0.717) is 18.1 Å². The number of amides is 1. The third kappa shape index (κ3) is 7.71. The van der Waals surface area contributed by atoms with E-state index in [-0.39, 0.29) is 24.7 Å². The molecular weight excluding hydrogens is 270 g/mol. The Morgan fingerprint density at radius 1 is 1.21 bits per heavy atom. The van der Waals surface area contributed by atoms with Crippen LogP contribution in [0.1, 0.15) is 33.1 Å². The van der Waals surface area contributed by atoms with E-state index in [1.165, 1.54) is 0 Å². The number of carbonyl (C=O) groups is 3. The van der Waals surface area contributed by atoms with Crippen LogP contribution in [0.5, 0.6) is 0 Å². The lowest BCUT2D eigenvalue weighted by molar-refractivity contribution is -0.143. The molecule has 0 saturated carbocycles. The third-order valence-electron chi connectivity index (χ3n) is 2.61. The van der Waals surface area contributed by atoms with Crippen LogP contribution >= 0.6 is 12.6 Å². The number of nitrogens with one attached hydrogen (secondary N) is 1. The topological polar surface area (TPSA) is 104 Å². The van der Waals surface area contributed by atoms with Gasteiger partial charge in [0.1, 0.15) is 6.04 Å². The molecule has 7 heteroatoms. The predicted molar refractivity (Wildman–Crippen MR) is 73.2 cm³/mol. The highest BCUT2D eigenvalue weighted by Crippen LogP contribution is 2.14. The molecule has 6 nitrogen and oxygen atoms in total. The van der Waals surface area contributed by atoms with Gasteiger partial charge < -0.3 is 15.5 Å². The lowest BCUT2D eigenvalue weighted by atomic mass is 9.97. The van der Waals surface area contributed by atoms with E-state index in [1.54, 1.807) is 0 Å². The van der Waals surface area contributed by atoms with E-state index in [4.69, 9.17) is 10.2 Å². The Bertz CT molecular complexity index is 332. The maximum atomic E-state index is 11.9. The number of thiol groups is 1. The summed E-state index contributed by atoms with van der Waals surface area (Å²) in [6.07, 6.45) is 0.185. The Hall–Kier alpha value is -1.24. The van der Waals surface area contributed by atoms with Crippen molar-refractivity contribution in [2.45, 2.75) is 39.2 Å². The van der Waals surface area contributed by atoms with Gasteiger partial charge in [0.2, 0.25) is 5.91 Å². The summed E-state index contributed by atoms with van der Waals surface area (Å²) in [4.78, 5) is 33.3. The molecule has 0 fully saturated rings. The van der Waals surface area contributed by atoms with Gasteiger partial charge in [0.25, 0.3) is 0 Å². The summed E-state index contributed by atoms with van der Waals surface area (Å²) in [6, 6.07) is -1.17. The van der Waals surface area contributed by atoms with Gasteiger partial charge in [-0.3, -0.25) is 9.59 Å². The Kier molecular flexibility index (Phi) is 8.22. The van der Waals surface area contributed by atoms with Crippen molar-refractivity contribution >= 4 is 30.5 Å². The number of carboxylic acid groups (broad SMARTS) is 2. The van der Waals surface area contributed by atoms with Crippen molar-refractivity contribution in [1.29, 1.82) is 0 Å². The summed E-state index contributed by atoms with van der Waals surface area (Å²) < 4.78 is 0. The summed E-state index contributed by atoms with van der Waals surface area (Å²) in [5.74, 6) is -2.44. The van der Waals surface area contributed by atoms with Crippen LogP contribution < -0.4 is 5.32 Å². The fraction of sp³-hybridized carbons (Fsp3) is 0.750. The van der Waals surface area contributed by atoms with Crippen molar-refractivity contribution in [3.63, 3.8) is 0 Å². The molecule has 0 aliphatic heterocycles. The van der Waals surface area contributed by atoms with E-state index in [2.05, 4.69) is 17.9 Å². The van der Waals surface area contributed by atoms with E-state index < -0.39 is 18.0 Å². The molecule has 3 N–H and O–H groups in total. The Balaban J connectivity index is 4.51. The summed E-state index contributed by atoms with van der Waals surface area (Å²) in [6.45, 7) is 3.92. The van der Waals surface area contributed by atoms with Gasteiger partial charge in [-0.1, -0.05) is 13.8 Å². The smallest absolute Gasteiger partial charge is 0.326 e. The molecule has 0 aromatic heterocycles. The van der Waals surface area contributed by atoms with Crippen LogP contribution in [0.25, 0.3) is 0 Å². The van der Waals surface area contributed by atoms with Crippen molar-refractivity contribution in [2.75, 3.05) is 5.75 Å². The van der Waals surface area contributed by atoms with Crippen LogP contribution in [0, 0.1) is 11.8 Å².